The zero-order chi connectivity index (χ0) is 32.2. The van der Waals surface area contributed by atoms with Crippen LogP contribution in [0.1, 0.15) is 20.8 Å². The maximum atomic E-state index is 11.8. The number of carbonyl (C=O) groups excluding carboxylic acids is 3. The Labute approximate surface area is 245 Å². The van der Waals surface area contributed by atoms with Gasteiger partial charge in [-0.05, 0) is 0 Å². The van der Waals surface area contributed by atoms with Gasteiger partial charge in [0.05, 0.1) is 19.8 Å². The Morgan fingerprint density at radius 3 is 1.51 bits per heavy atom. The van der Waals surface area contributed by atoms with Crippen LogP contribution < -0.4 is 16.0 Å². The van der Waals surface area contributed by atoms with Gasteiger partial charge in [-0.2, -0.15) is 0 Å². The van der Waals surface area contributed by atoms with Crippen molar-refractivity contribution in [3.63, 3.8) is 0 Å². The molecule has 11 N–H and O–H groups in total. The molecule has 0 bridgehead atoms. The molecule has 19 heteroatoms. The second-order valence-electron chi connectivity index (χ2n) is 10.6. The molecule has 248 valence electrons. The van der Waals surface area contributed by atoms with Crippen molar-refractivity contribution in [1.82, 2.24) is 16.0 Å². The fourth-order valence-electron chi connectivity index (χ4n) is 5.17. The molecule has 3 rings (SSSR count). The van der Waals surface area contributed by atoms with E-state index >= 15 is 0 Å². The van der Waals surface area contributed by atoms with Gasteiger partial charge in [-0.25, -0.2) is 0 Å². The van der Waals surface area contributed by atoms with Crippen LogP contribution in [-0.2, 0) is 38.1 Å². The molecule has 3 heterocycles. The molecular formula is C24H41N3O16. The van der Waals surface area contributed by atoms with E-state index in [9.17, 15) is 55.2 Å². The molecule has 0 aromatic heterocycles. The summed E-state index contributed by atoms with van der Waals surface area (Å²) in [5.74, 6) is -1.92. The van der Waals surface area contributed by atoms with E-state index in [1.165, 1.54) is 0 Å². The first kappa shape index (κ1) is 35.4. The number of hydrogen-bond donors (Lipinski definition) is 11. The fraction of sp³-hybridized carbons (Fsp3) is 0.875. The number of carbonyl (C=O) groups is 3. The van der Waals surface area contributed by atoms with Gasteiger partial charge in [0.15, 0.2) is 18.9 Å². The Kier molecular flexibility index (Phi) is 12.5. The zero-order valence-corrected chi connectivity index (χ0v) is 23.6. The minimum absolute atomic E-state index is 0.612. The quantitative estimate of drug-likeness (QED) is 0.107. The van der Waals surface area contributed by atoms with Crippen LogP contribution in [0.4, 0.5) is 0 Å². The highest BCUT2D eigenvalue weighted by molar-refractivity contribution is 5.74. The summed E-state index contributed by atoms with van der Waals surface area (Å²) >= 11 is 0. The molecule has 43 heavy (non-hydrogen) atoms. The van der Waals surface area contributed by atoms with E-state index in [0.29, 0.717) is 0 Å². The second-order valence-corrected chi connectivity index (χ2v) is 10.6. The summed E-state index contributed by atoms with van der Waals surface area (Å²) in [6, 6.07) is -4.23. The van der Waals surface area contributed by atoms with Crippen LogP contribution in [0.2, 0.25) is 0 Å². The lowest BCUT2D eigenvalue weighted by Crippen LogP contribution is -2.69. The summed E-state index contributed by atoms with van der Waals surface area (Å²) < 4.78 is 28.3. The molecule has 15 atom stereocenters. The first-order chi connectivity index (χ1) is 20.2. The van der Waals surface area contributed by atoms with E-state index in [-0.39, 0.29) is 0 Å². The molecule has 0 radical (unpaired) electrons. The Hall–Kier alpha value is -2.11. The van der Waals surface area contributed by atoms with Gasteiger partial charge in [0.25, 0.3) is 0 Å². The van der Waals surface area contributed by atoms with E-state index < -0.39 is 129 Å². The van der Waals surface area contributed by atoms with Crippen molar-refractivity contribution >= 4 is 17.7 Å². The normalized spacial score (nSPS) is 43.5. The van der Waals surface area contributed by atoms with E-state index in [0.717, 1.165) is 20.8 Å². The lowest BCUT2D eigenvalue weighted by atomic mass is 9.94. The first-order valence-electron chi connectivity index (χ1n) is 13.5. The maximum absolute atomic E-state index is 11.8. The minimum atomic E-state index is -1.82. The Morgan fingerprint density at radius 1 is 0.605 bits per heavy atom. The summed E-state index contributed by atoms with van der Waals surface area (Å²) in [7, 11) is 0. The summed E-state index contributed by atoms with van der Waals surface area (Å²) in [5.41, 5.74) is 0. The van der Waals surface area contributed by atoms with Gasteiger partial charge in [0.2, 0.25) is 17.7 Å². The lowest BCUT2D eigenvalue weighted by Gasteiger charge is -2.48. The highest BCUT2D eigenvalue weighted by Gasteiger charge is 2.52. The number of aliphatic hydroxyl groups excluding tert-OH is 8. The number of hydrogen-bond acceptors (Lipinski definition) is 16. The first-order valence-corrected chi connectivity index (χ1v) is 13.5. The Bertz CT molecular complexity index is 962. The SMILES string of the molecule is CC(=O)N[C@@H]1[C@@H](O)[C@@H](O[C@@H]2O[C@H](CO)[C@@H](O)[C@H](O)[C@H]2NC(C)=O)[C@@H](CO[C@@H]2O[C@H](CO)[C@@H](O)[C@H](O)[C@H]2NC(C)=O)O[C@@H]1O. The molecule has 3 fully saturated rings. The molecule has 0 aromatic rings. The predicted molar refractivity (Wildman–Crippen MR) is 136 cm³/mol. The standard InChI is InChI=1S/C24H41N3O16/c1-7(30)25-13-20(37)21(43-24-15(27-9(3)32)19(36)17(34)11(5-29)42-24)12(40-22(13)38)6-39-23-14(26-8(2)31)18(35)16(33)10(4-28)41-23/h10-24,28-29,33-38H,4-6H2,1-3H3,(H,25,30)(H,26,31)(H,27,32)/t10-,11-,12-,13-,14-,15-,16-,17-,18-,19-,20-,21+,22+,23-,24+/m1/s1. The molecule has 0 spiro atoms. The number of aliphatic hydroxyl groups is 8. The number of amides is 3. The Morgan fingerprint density at radius 2 is 1.05 bits per heavy atom. The average molecular weight is 628 g/mol. The van der Waals surface area contributed by atoms with Crippen LogP contribution in [0.3, 0.4) is 0 Å². The van der Waals surface area contributed by atoms with E-state index in [1.54, 1.807) is 0 Å². The van der Waals surface area contributed by atoms with Crippen LogP contribution in [0, 0.1) is 0 Å². The number of nitrogens with one attached hydrogen (secondary N) is 3. The van der Waals surface area contributed by atoms with E-state index in [4.69, 9.17) is 23.7 Å². The molecule has 19 nitrogen and oxygen atoms in total. The summed E-state index contributed by atoms with van der Waals surface area (Å²) in [4.78, 5) is 35.4. The van der Waals surface area contributed by atoms with Crippen LogP contribution in [0.15, 0.2) is 0 Å². The van der Waals surface area contributed by atoms with Crippen molar-refractivity contribution in [2.45, 2.75) is 113 Å². The third-order valence-electron chi connectivity index (χ3n) is 7.28. The van der Waals surface area contributed by atoms with E-state index in [1.807, 2.05) is 0 Å². The van der Waals surface area contributed by atoms with Crippen LogP contribution in [-0.4, -0.2) is 170 Å². The summed E-state index contributed by atoms with van der Waals surface area (Å²) in [5, 5.41) is 89.7. The molecule has 0 aromatic carbocycles. The van der Waals surface area contributed by atoms with Crippen molar-refractivity contribution in [3.05, 3.63) is 0 Å². The second kappa shape index (κ2) is 15.3. The van der Waals surface area contributed by atoms with Gasteiger partial charge >= 0.3 is 0 Å². The highest BCUT2D eigenvalue weighted by Crippen LogP contribution is 2.30. The number of ether oxygens (including phenoxy) is 5. The van der Waals surface area contributed by atoms with Crippen molar-refractivity contribution in [3.8, 4) is 0 Å². The molecule has 0 saturated carbocycles. The van der Waals surface area contributed by atoms with Crippen molar-refractivity contribution < 1.29 is 78.9 Å². The fourth-order valence-corrected chi connectivity index (χ4v) is 5.17. The zero-order valence-electron chi connectivity index (χ0n) is 23.6. The summed E-state index contributed by atoms with van der Waals surface area (Å²) in [6.45, 7) is 1.27. The van der Waals surface area contributed by atoms with Crippen molar-refractivity contribution in [2.75, 3.05) is 19.8 Å². The van der Waals surface area contributed by atoms with Crippen LogP contribution in [0.25, 0.3) is 0 Å². The molecular weight excluding hydrogens is 586 g/mol. The summed E-state index contributed by atoms with van der Waals surface area (Å²) in [6.07, 6.45) is -19.0. The monoisotopic (exact) mass is 627 g/mol. The smallest absolute Gasteiger partial charge is 0.217 e. The largest absolute Gasteiger partial charge is 0.394 e. The molecule has 3 aliphatic heterocycles. The molecule has 3 saturated heterocycles. The number of rotatable bonds is 10. The molecule has 3 amide bonds. The highest BCUT2D eigenvalue weighted by atomic mass is 16.7. The van der Waals surface area contributed by atoms with Gasteiger partial charge in [-0.1, -0.05) is 0 Å². The van der Waals surface area contributed by atoms with Crippen molar-refractivity contribution in [1.29, 1.82) is 0 Å². The van der Waals surface area contributed by atoms with Gasteiger partial charge in [-0.3, -0.25) is 14.4 Å². The van der Waals surface area contributed by atoms with Gasteiger partial charge in [0, 0.05) is 20.8 Å². The minimum Gasteiger partial charge on any atom is -0.394 e. The van der Waals surface area contributed by atoms with Gasteiger partial charge < -0.3 is 80.5 Å². The third-order valence-corrected chi connectivity index (χ3v) is 7.28. The maximum Gasteiger partial charge on any atom is 0.217 e. The van der Waals surface area contributed by atoms with Crippen molar-refractivity contribution in [2.24, 2.45) is 0 Å². The average Bonchev–Trinajstić information content (AvgIpc) is 2.93. The Balaban J connectivity index is 1.89. The lowest BCUT2D eigenvalue weighted by molar-refractivity contribution is -0.336. The van der Waals surface area contributed by atoms with Gasteiger partial charge in [-0.15, -0.1) is 0 Å². The molecule has 0 aliphatic carbocycles. The van der Waals surface area contributed by atoms with E-state index in [2.05, 4.69) is 16.0 Å². The molecule has 3 aliphatic rings. The van der Waals surface area contributed by atoms with Crippen LogP contribution >= 0.6 is 0 Å². The topological polar surface area (TPSA) is 295 Å². The van der Waals surface area contributed by atoms with Crippen LogP contribution in [0.5, 0.6) is 0 Å². The third kappa shape index (κ3) is 8.34. The predicted octanol–water partition coefficient (Wildman–Crippen LogP) is -7.14. The molecule has 0 unspecified atom stereocenters. The van der Waals surface area contributed by atoms with Gasteiger partial charge in [0.1, 0.15) is 73.1 Å².